The summed E-state index contributed by atoms with van der Waals surface area (Å²) in [6, 6.07) is 0.311. The molecule has 82 valence electrons. The van der Waals surface area contributed by atoms with Gasteiger partial charge in [-0.15, -0.1) is 0 Å². The Morgan fingerprint density at radius 2 is 2.53 bits per heavy atom. The Morgan fingerprint density at radius 3 is 3.20 bits per heavy atom. The summed E-state index contributed by atoms with van der Waals surface area (Å²) >= 11 is 0. The van der Waals surface area contributed by atoms with Crippen LogP contribution in [0.25, 0.3) is 0 Å². The summed E-state index contributed by atoms with van der Waals surface area (Å²) in [7, 11) is 0. The molecule has 1 atom stereocenters. The average molecular weight is 209 g/mol. The summed E-state index contributed by atoms with van der Waals surface area (Å²) in [6.45, 7) is 1.46. The highest BCUT2D eigenvalue weighted by Crippen LogP contribution is 2.07. The molecule has 5 nitrogen and oxygen atoms in total. The van der Waals surface area contributed by atoms with Gasteiger partial charge >= 0.3 is 6.09 Å². The van der Waals surface area contributed by atoms with Crippen LogP contribution in [0, 0.1) is 0 Å². The maximum absolute atomic E-state index is 11.4. The van der Waals surface area contributed by atoms with Gasteiger partial charge in [0.15, 0.2) is 0 Å². The molecule has 0 aromatic carbocycles. The first-order valence-electron chi connectivity index (χ1n) is 5.25. The second-order valence-corrected chi connectivity index (χ2v) is 3.69. The van der Waals surface area contributed by atoms with E-state index in [1.165, 1.54) is 23.7 Å². The van der Waals surface area contributed by atoms with Crippen molar-refractivity contribution in [3.8, 4) is 0 Å². The molecule has 5 heteroatoms. The van der Waals surface area contributed by atoms with Crippen molar-refractivity contribution in [2.24, 2.45) is 0 Å². The number of hydrogen-bond acceptors (Lipinski definition) is 4. The van der Waals surface area contributed by atoms with E-state index in [1.807, 2.05) is 0 Å². The number of ether oxygens (including phenoxy) is 1. The second kappa shape index (κ2) is 4.93. The third-order valence-corrected chi connectivity index (χ3v) is 2.54. The predicted octanol–water partition coefficient (Wildman–Crippen LogP) is 1.01. The lowest BCUT2D eigenvalue weighted by molar-refractivity contribution is 0.129. The smallest absolute Gasteiger partial charge is 0.419 e. The summed E-state index contributed by atoms with van der Waals surface area (Å²) in [5, 5.41) is 3.32. The maximum Gasteiger partial charge on any atom is 0.419 e. The van der Waals surface area contributed by atoms with Crippen molar-refractivity contribution < 1.29 is 9.53 Å². The van der Waals surface area contributed by atoms with Gasteiger partial charge in [0.2, 0.25) is 0 Å². The largest absolute Gasteiger partial charge is 0.447 e. The van der Waals surface area contributed by atoms with Crippen molar-refractivity contribution in [1.29, 1.82) is 0 Å². The van der Waals surface area contributed by atoms with E-state index in [2.05, 4.69) is 10.3 Å². The fraction of sp³-hybridized carbons (Fsp3) is 0.600. The van der Waals surface area contributed by atoms with Gasteiger partial charge in [0.25, 0.3) is 0 Å². The van der Waals surface area contributed by atoms with Gasteiger partial charge in [-0.05, 0) is 19.4 Å². The lowest BCUT2D eigenvalue weighted by Crippen LogP contribution is -2.38. The highest BCUT2D eigenvalue weighted by molar-refractivity contribution is 5.69. The van der Waals surface area contributed by atoms with Crippen molar-refractivity contribution in [2.45, 2.75) is 25.3 Å². The molecule has 1 fully saturated rings. The summed E-state index contributed by atoms with van der Waals surface area (Å²) in [5.41, 5.74) is 0. The van der Waals surface area contributed by atoms with Crippen molar-refractivity contribution >= 4 is 6.09 Å². The van der Waals surface area contributed by atoms with E-state index in [0.29, 0.717) is 12.6 Å². The van der Waals surface area contributed by atoms with E-state index in [1.54, 1.807) is 12.4 Å². The molecule has 15 heavy (non-hydrogen) atoms. The van der Waals surface area contributed by atoms with Crippen LogP contribution in [0.1, 0.15) is 19.3 Å². The Morgan fingerprint density at radius 1 is 1.60 bits per heavy atom. The topological polar surface area (TPSA) is 56.1 Å². The molecule has 1 aromatic heterocycles. The van der Waals surface area contributed by atoms with E-state index in [-0.39, 0.29) is 6.09 Å². The Kier molecular flexibility index (Phi) is 3.34. The molecular weight excluding hydrogens is 194 g/mol. The quantitative estimate of drug-likeness (QED) is 0.789. The van der Waals surface area contributed by atoms with Gasteiger partial charge in [0.1, 0.15) is 12.9 Å². The first-order valence-corrected chi connectivity index (χ1v) is 5.25. The molecule has 1 aliphatic rings. The van der Waals surface area contributed by atoms with Crippen molar-refractivity contribution in [3.05, 3.63) is 18.7 Å². The van der Waals surface area contributed by atoms with Crippen molar-refractivity contribution in [2.75, 3.05) is 13.2 Å². The van der Waals surface area contributed by atoms with Crippen LogP contribution < -0.4 is 5.32 Å². The first kappa shape index (κ1) is 10.2. The first-order chi connectivity index (χ1) is 7.36. The van der Waals surface area contributed by atoms with Crippen LogP contribution in [0.5, 0.6) is 0 Å². The molecule has 1 aliphatic heterocycles. The zero-order valence-corrected chi connectivity index (χ0v) is 8.56. The van der Waals surface area contributed by atoms with E-state index in [4.69, 9.17) is 4.74 Å². The molecule has 0 unspecified atom stereocenters. The number of nitrogens with one attached hydrogen (secondary N) is 1. The molecule has 0 aliphatic carbocycles. The van der Waals surface area contributed by atoms with Crippen molar-refractivity contribution in [1.82, 2.24) is 14.9 Å². The van der Waals surface area contributed by atoms with Gasteiger partial charge in [0.05, 0.1) is 0 Å². The monoisotopic (exact) mass is 209 g/mol. The fourth-order valence-electron chi connectivity index (χ4n) is 1.68. The van der Waals surface area contributed by atoms with Gasteiger partial charge in [-0.1, -0.05) is 6.42 Å². The van der Waals surface area contributed by atoms with Crippen LogP contribution in [0.2, 0.25) is 0 Å². The van der Waals surface area contributed by atoms with Crippen LogP contribution in [-0.4, -0.2) is 34.8 Å². The van der Waals surface area contributed by atoms with Gasteiger partial charge in [-0.3, -0.25) is 0 Å². The van der Waals surface area contributed by atoms with Gasteiger partial charge in [0, 0.05) is 18.4 Å². The highest BCUT2D eigenvalue weighted by Gasteiger charge is 2.14. The summed E-state index contributed by atoms with van der Waals surface area (Å²) in [4.78, 5) is 15.2. The Balaban J connectivity index is 1.75. The molecular formula is C10H15N3O2. The van der Waals surface area contributed by atoms with Crippen LogP contribution in [0.4, 0.5) is 4.79 Å². The highest BCUT2D eigenvalue weighted by atomic mass is 16.5. The number of carbonyl (C=O) groups is 1. The third kappa shape index (κ3) is 2.79. The normalized spacial score (nSPS) is 21.2. The zero-order chi connectivity index (χ0) is 10.5. The molecule has 2 rings (SSSR count). The van der Waals surface area contributed by atoms with E-state index >= 15 is 0 Å². The van der Waals surface area contributed by atoms with Crippen molar-refractivity contribution in [3.63, 3.8) is 0 Å². The predicted molar refractivity (Wildman–Crippen MR) is 54.6 cm³/mol. The zero-order valence-electron chi connectivity index (χ0n) is 8.56. The molecule has 0 spiro atoms. The number of aromatic nitrogens is 2. The van der Waals surface area contributed by atoms with Crippen LogP contribution in [0.15, 0.2) is 18.7 Å². The average Bonchev–Trinajstić information content (AvgIpc) is 2.81. The summed E-state index contributed by atoms with van der Waals surface area (Å²) in [5.74, 6) is 0. The van der Waals surface area contributed by atoms with Crippen LogP contribution in [-0.2, 0) is 4.74 Å². The summed E-state index contributed by atoms with van der Waals surface area (Å²) in [6.07, 6.45) is 7.72. The molecule has 1 N–H and O–H groups in total. The lowest BCUT2D eigenvalue weighted by Gasteiger charge is -2.22. The Bertz CT molecular complexity index is 304. The number of imidazole rings is 1. The second-order valence-electron chi connectivity index (χ2n) is 3.69. The Hall–Kier alpha value is -1.36. The molecule has 2 heterocycles. The van der Waals surface area contributed by atoms with Crippen LogP contribution in [0.3, 0.4) is 0 Å². The SMILES string of the molecule is O=C(OC[C@@H]1CCCCN1)n1ccnc1. The number of hydrogen-bond donors (Lipinski definition) is 1. The lowest BCUT2D eigenvalue weighted by atomic mass is 10.1. The molecule has 1 aromatic rings. The molecule has 0 radical (unpaired) electrons. The number of piperidine rings is 1. The van der Waals surface area contributed by atoms with Gasteiger partial charge in [-0.2, -0.15) is 0 Å². The van der Waals surface area contributed by atoms with E-state index in [9.17, 15) is 4.79 Å². The Labute approximate surface area is 88.4 Å². The third-order valence-electron chi connectivity index (χ3n) is 2.54. The minimum atomic E-state index is -0.361. The minimum Gasteiger partial charge on any atom is -0.447 e. The standard InChI is InChI=1S/C10H15N3O2/c14-10(13-6-5-11-8-13)15-7-9-3-1-2-4-12-9/h5-6,8-9,12H,1-4,7H2/t9-/m0/s1. The van der Waals surface area contributed by atoms with E-state index in [0.717, 1.165) is 13.0 Å². The van der Waals surface area contributed by atoms with E-state index < -0.39 is 0 Å². The van der Waals surface area contributed by atoms with Crippen LogP contribution >= 0.6 is 0 Å². The minimum absolute atomic E-state index is 0.311. The molecule has 0 amide bonds. The molecule has 0 saturated carbocycles. The number of carbonyl (C=O) groups excluding carboxylic acids is 1. The van der Waals surface area contributed by atoms with Gasteiger partial charge in [-0.25, -0.2) is 14.3 Å². The van der Waals surface area contributed by atoms with Gasteiger partial charge < -0.3 is 10.1 Å². The molecule has 0 bridgehead atoms. The number of nitrogens with zero attached hydrogens (tertiary/aromatic N) is 2. The summed E-state index contributed by atoms with van der Waals surface area (Å²) < 4.78 is 6.48. The fourth-order valence-corrected chi connectivity index (χ4v) is 1.68. The molecule has 1 saturated heterocycles. The maximum atomic E-state index is 11.4. The number of rotatable bonds is 2.